The van der Waals surface area contributed by atoms with Gasteiger partial charge in [0.2, 0.25) is 0 Å². The molecule has 150 valence electrons. The van der Waals surface area contributed by atoms with Crippen LogP contribution in [0.2, 0.25) is 0 Å². The first-order chi connectivity index (χ1) is 14.3. The van der Waals surface area contributed by atoms with Gasteiger partial charge in [0.05, 0.1) is 11.7 Å². The SMILES string of the molecule is F[C@H]1CN(C2CNC2)CC[C@@H]1n1ccc(-c2ccc(Oc3ccccc3)cc2)n1. The van der Waals surface area contributed by atoms with Gasteiger partial charge in [-0.15, -0.1) is 0 Å². The molecule has 3 aromatic rings. The Labute approximate surface area is 170 Å². The van der Waals surface area contributed by atoms with E-state index in [0.29, 0.717) is 12.6 Å². The molecule has 5 nitrogen and oxygen atoms in total. The Hall–Kier alpha value is -2.70. The Morgan fingerprint density at radius 3 is 2.41 bits per heavy atom. The number of benzene rings is 2. The molecule has 1 N–H and O–H groups in total. The minimum Gasteiger partial charge on any atom is -0.457 e. The molecule has 0 saturated carbocycles. The Kier molecular flexibility index (Phi) is 5.04. The number of nitrogens with one attached hydrogen (secondary N) is 1. The molecule has 2 saturated heterocycles. The van der Waals surface area contributed by atoms with E-state index in [1.165, 1.54) is 0 Å². The van der Waals surface area contributed by atoms with Gasteiger partial charge in [0.1, 0.15) is 17.7 Å². The zero-order valence-electron chi connectivity index (χ0n) is 16.2. The normalized spacial score (nSPS) is 22.9. The Morgan fingerprint density at radius 1 is 0.966 bits per heavy atom. The van der Waals surface area contributed by atoms with Crippen LogP contribution in [-0.4, -0.2) is 53.1 Å². The highest BCUT2D eigenvalue weighted by Gasteiger charge is 2.35. The maximum absolute atomic E-state index is 14.8. The van der Waals surface area contributed by atoms with Gasteiger partial charge in [-0.05, 0) is 48.9 Å². The van der Waals surface area contributed by atoms with Crippen molar-refractivity contribution >= 4 is 0 Å². The van der Waals surface area contributed by atoms with Crippen molar-refractivity contribution in [2.45, 2.75) is 24.7 Å². The van der Waals surface area contributed by atoms with Crippen LogP contribution in [0.1, 0.15) is 12.5 Å². The summed E-state index contributed by atoms with van der Waals surface area (Å²) >= 11 is 0. The molecule has 6 heteroatoms. The van der Waals surface area contributed by atoms with E-state index in [-0.39, 0.29) is 6.04 Å². The molecule has 0 radical (unpaired) electrons. The van der Waals surface area contributed by atoms with Crippen LogP contribution >= 0.6 is 0 Å². The van der Waals surface area contributed by atoms with Gasteiger partial charge in [-0.2, -0.15) is 5.10 Å². The highest BCUT2D eigenvalue weighted by atomic mass is 19.1. The first-order valence-corrected chi connectivity index (χ1v) is 10.2. The Bertz CT molecular complexity index is 939. The standard InChI is InChI=1S/C23H25FN4O/c24-21-16-27(18-14-25-15-18)12-11-23(21)28-13-10-22(26-28)17-6-8-20(9-7-17)29-19-4-2-1-3-5-19/h1-10,13,18,21,23,25H,11-12,14-16H2/t21-,23-/m0/s1. The van der Waals surface area contributed by atoms with E-state index >= 15 is 0 Å². The fourth-order valence-corrected chi connectivity index (χ4v) is 4.07. The average molecular weight is 392 g/mol. The number of rotatable bonds is 5. The highest BCUT2D eigenvalue weighted by Crippen LogP contribution is 2.29. The zero-order chi connectivity index (χ0) is 19.6. The van der Waals surface area contributed by atoms with Gasteiger partial charge in [-0.3, -0.25) is 9.58 Å². The molecule has 0 amide bonds. The summed E-state index contributed by atoms with van der Waals surface area (Å²) < 4.78 is 22.5. The number of aromatic nitrogens is 2. The van der Waals surface area contributed by atoms with E-state index in [0.717, 1.165) is 48.8 Å². The van der Waals surface area contributed by atoms with Gasteiger partial charge in [0.15, 0.2) is 0 Å². The molecule has 2 aliphatic heterocycles. The number of halogens is 1. The molecular formula is C23H25FN4O. The summed E-state index contributed by atoms with van der Waals surface area (Å²) in [6.45, 7) is 3.39. The molecule has 0 aliphatic carbocycles. The fourth-order valence-electron chi connectivity index (χ4n) is 4.07. The van der Waals surface area contributed by atoms with Crippen LogP contribution in [0, 0.1) is 0 Å². The second-order valence-electron chi connectivity index (χ2n) is 7.80. The number of nitrogens with zero attached hydrogens (tertiary/aromatic N) is 3. The van der Waals surface area contributed by atoms with Crippen molar-refractivity contribution in [3.8, 4) is 22.8 Å². The van der Waals surface area contributed by atoms with Gasteiger partial charge in [-0.1, -0.05) is 18.2 Å². The average Bonchev–Trinajstić information content (AvgIpc) is 3.18. The predicted molar refractivity (Wildman–Crippen MR) is 111 cm³/mol. The lowest BCUT2D eigenvalue weighted by Crippen LogP contribution is -2.60. The molecule has 29 heavy (non-hydrogen) atoms. The van der Waals surface area contributed by atoms with Gasteiger partial charge in [0.25, 0.3) is 0 Å². The van der Waals surface area contributed by atoms with Crippen molar-refractivity contribution in [3.05, 3.63) is 66.9 Å². The number of para-hydroxylation sites is 1. The molecule has 0 bridgehead atoms. The molecule has 2 atom stereocenters. The van der Waals surface area contributed by atoms with E-state index < -0.39 is 6.17 Å². The van der Waals surface area contributed by atoms with E-state index in [1.54, 1.807) is 0 Å². The van der Waals surface area contributed by atoms with Crippen LogP contribution < -0.4 is 10.1 Å². The van der Waals surface area contributed by atoms with E-state index in [2.05, 4.69) is 15.3 Å². The Morgan fingerprint density at radius 2 is 1.72 bits per heavy atom. The summed E-state index contributed by atoms with van der Waals surface area (Å²) in [5.41, 5.74) is 1.85. The summed E-state index contributed by atoms with van der Waals surface area (Å²) in [5.74, 6) is 1.59. The van der Waals surface area contributed by atoms with Crippen LogP contribution in [0.3, 0.4) is 0 Å². The van der Waals surface area contributed by atoms with Crippen molar-refractivity contribution in [2.24, 2.45) is 0 Å². The maximum atomic E-state index is 14.8. The second kappa shape index (κ2) is 7.97. The minimum absolute atomic E-state index is 0.186. The summed E-state index contributed by atoms with van der Waals surface area (Å²) in [5, 5.41) is 7.94. The molecule has 0 spiro atoms. The van der Waals surface area contributed by atoms with Crippen molar-refractivity contribution in [3.63, 3.8) is 0 Å². The van der Waals surface area contributed by atoms with Crippen LogP contribution in [0.25, 0.3) is 11.3 Å². The lowest BCUT2D eigenvalue weighted by molar-refractivity contribution is 0.0390. The van der Waals surface area contributed by atoms with Crippen molar-refractivity contribution < 1.29 is 9.13 Å². The first kappa shape index (κ1) is 18.3. The number of piperidine rings is 1. The number of hydrogen-bond donors (Lipinski definition) is 1. The molecule has 2 aliphatic rings. The monoisotopic (exact) mass is 392 g/mol. The van der Waals surface area contributed by atoms with E-state index in [9.17, 15) is 4.39 Å². The Balaban J connectivity index is 1.25. The second-order valence-corrected chi connectivity index (χ2v) is 7.80. The van der Waals surface area contributed by atoms with Crippen molar-refractivity contribution in [2.75, 3.05) is 26.2 Å². The summed E-state index contributed by atoms with van der Waals surface area (Å²) in [7, 11) is 0. The van der Waals surface area contributed by atoms with Crippen molar-refractivity contribution in [1.82, 2.24) is 20.0 Å². The molecule has 3 heterocycles. The first-order valence-electron chi connectivity index (χ1n) is 10.2. The highest BCUT2D eigenvalue weighted by molar-refractivity contribution is 5.59. The largest absolute Gasteiger partial charge is 0.457 e. The van der Waals surface area contributed by atoms with Crippen LogP contribution in [0.4, 0.5) is 4.39 Å². The molecule has 5 rings (SSSR count). The third-order valence-electron chi connectivity index (χ3n) is 5.89. The van der Waals surface area contributed by atoms with Gasteiger partial charge >= 0.3 is 0 Å². The van der Waals surface area contributed by atoms with E-state index in [1.807, 2.05) is 71.5 Å². The molecule has 1 aromatic heterocycles. The molecule has 2 fully saturated rings. The van der Waals surface area contributed by atoms with Crippen molar-refractivity contribution in [1.29, 1.82) is 0 Å². The third kappa shape index (κ3) is 3.91. The fraction of sp³-hybridized carbons (Fsp3) is 0.348. The summed E-state index contributed by atoms with van der Waals surface area (Å²) in [6, 6.07) is 19.8. The summed E-state index contributed by atoms with van der Waals surface area (Å²) in [6.07, 6.45) is 1.81. The van der Waals surface area contributed by atoms with Crippen LogP contribution in [0.15, 0.2) is 66.9 Å². The lowest BCUT2D eigenvalue weighted by Gasteiger charge is -2.43. The van der Waals surface area contributed by atoms with Gasteiger partial charge < -0.3 is 10.1 Å². The van der Waals surface area contributed by atoms with Crippen LogP contribution in [0.5, 0.6) is 11.5 Å². The number of ether oxygens (including phenoxy) is 1. The smallest absolute Gasteiger partial charge is 0.135 e. The summed E-state index contributed by atoms with van der Waals surface area (Å²) in [4.78, 5) is 2.27. The van der Waals surface area contributed by atoms with Gasteiger partial charge in [-0.25, -0.2) is 4.39 Å². The minimum atomic E-state index is -0.890. The molecular weight excluding hydrogens is 367 g/mol. The maximum Gasteiger partial charge on any atom is 0.135 e. The zero-order valence-corrected chi connectivity index (χ0v) is 16.2. The molecule has 2 aromatic carbocycles. The predicted octanol–water partition coefficient (Wildman–Crippen LogP) is 3.90. The number of hydrogen-bond acceptors (Lipinski definition) is 4. The van der Waals surface area contributed by atoms with Gasteiger partial charge in [0, 0.05) is 44.0 Å². The lowest BCUT2D eigenvalue weighted by atomic mass is 9.99. The number of likely N-dealkylation sites (tertiary alicyclic amines) is 1. The topological polar surface area (TPSA) is 42.3 Å². The molecule has 0 unspecified atom stereocenters. The quantitative estimate of drug-likeness (QED) is 0.715. The number of alkyl halides is 1. The van der Waals surface area contributed by atoms with E-state index in [4.69, 9.17) is 4.74 Å². The third-order valence-corrected chi connectivity index (χ3v) is 5.89. The van der Waals surface area contributed by atoms with Crippen LogP contribution in [-0.2, 0) is 0 Å².